The number of fused-ring (bicyclic) bond motifs is 1. The molecule has 0 unspecified atom stereocenters. The molecule has 32 heavy (non-hydrogen) atoms. The molecule has 5 rings (SSSR count). The Morgan fingerprint density at radius 2 is 1.81 bits per heavy atom. The van der Waals surface area contributed by atoms with Gasteiger partial charge in [0.15, 0.2) is 11.0 Å². The fourth-order valence-electron chi connectivity index (χ4n) is 4.18. The standard InChI is InChI=1S/C23H27N7OS/c1-17-7-9-18(10-8-17)21(22-25-26-27-30(22)15-16-31-2)28-11-13-29(14-12-28)23-24-19-5-3-4-6-20(19)32-23/h3-10,21H,11-16H2,1-2H3/t21-/m0/s1. The van der Waals surface area contributed by atoms with Crippen LogP contribution in [0.25, 0.3) is 10.2 Å². The number of nitrogens with zero attached hydrogens (tertiary/aromatic N) is 7. The second-order valence-corrected chi connectivity index (χ2v) is 9.06. The molecule has 1 atom stereocenters. The van der Waals surface area contributed by atoms with E-state index in [9.17, 15) is 0 Å². The third kappa shape index (κ3) is 4.23. The van der Waals surface area contributed by atoms with Crippen LogP contribution >= 0.6 is 11.3 Å². The highest BCUT2D eigenvalue weighted by molar-refractivity contribution is 7.22. The fourth-order valence-corrected chi connectivity index (χ4v) is 5.20. The van der Waals surface area contributed by atoms with Crippen molar-refractivity contribution in [2.45, 2.75) is 19.5 Å². The molecule has 2 aromatic heterocycles. The van der Waals surface area contributed by atoms with Gasteiger partial charge in [-0.2, -0.15) is 0 Å². The van der Waals surface area contributed by atoms with Gasteiger partial charge in [-0.15, -0.1) is 5.10 Å². The van der Waals surface area contributed by atoms with Gasteiger partial charge in [-0.05, 0) is 35.0 Å². The van der Waals surface area contributed by atoms with Crippen LogP contribution in [0.15, 0.2) is 48.5 Å². The first-order valence-corrected chi connectivity index (χ1v) is 11.7. The van der Waals surface area contributed by atoms with Crippen molar-refractivity contribution in [2.75, 3.05) is 44.8 Å². The number of rotatable bonds is 7. The molecule has 0 spiro atoms. The number of aryl methyl sites for hydroxylation is 1. The molecule has 0 radical (unpaired) electrons. The average molecular weight is 450 g/mol. The van der Waals surface area contributed by atoms with E-state index in [4.69, 9.17) is 9.72 Å². The van der Waals surface area contributed by atoms with Crippen LogP contribution in [-0.4, -0.2) is 70.0 Å². The molecule has 3 heterocycles. The van der Waals surface area contributed by atoms with E-state index >= 15 is 0 Å². The normalized spacial score (nSPS) is 16.0. The van der Waals surface area contributed by atoms with Crippen molar-refractivity contribution in [3.63, 3.8) is 0 Å². The van der Waals surface area contributed by atoms with Gasteiger partial charge in [0, 0.05) is 33.3 Å². The van der Waals surface area contributed by atoms with Gasteiger partial charge < -0.3 is 9.64 Å². The Morgan fingerprint density at radius 3 is 2.56 bits per heavy atom. The maximum absolute atomic E-state index is 5.26. The van der Waals surface area contributed by atoms with Crippen molar-refractivity contribution < 1.29 is 4.74 Å². The van der Waals surface area contributed by atoms with Crippen LogP contribution in [0.4, 0.5) is 5.13 Å². The summed E-state index contributed by atoms with van der Waals surface area (Å²) in [6, 6.07) is 17.0. The number of ether oxygens (including phenoxy) is 1. The first-order valence-electron chi connectivity index (χ1n) is 10.9. The predicted molar refractivity (Wildman–Crippen MR) is 126 cm³/mol. The summed E-state index contributed by atoms with van der Waals surface area (Å²) in [6.45, 7) is 6.97. The molecular weight excluding hydrogens is 422 g/mol. The maximum atomic E-state index is 5.26. The number of aromatic nitrogens is 5. The average Bonchev–Trinajstić information content (AvgIpc) is 3.47. The van der Waals surface area contributed by atoms with E-state index in [0.29, 0.717) is 13.2 Å². The molecule has 1 aliphatic heterocycles. The number of hydrogen-bond donors (Lipinski definition) is 0. The van der Waals surface area contributed by atoms with Gasteiger partial charge in [-0.25, -0.2) is 9.67 Å². The van der Waals surface area contributed by atoms with E-state index in [1.807, 2.05) is 10.7 Å². The van der Waals surface area contributed by atoms with Crippen LogP contribution in [0.1, 0.15) is 23.0 Å². The lowest BCUT2D eigenvalue weighted by atomic mass is 10.0. The van der Waals surface area contributed by atoms with Crippen LogP contribution in [0.3, 0.4) is 0 Å². The zero-order valence-electron chi connectivity index (χ0n) is 18.4. The number of methoxy groups -OCH3 is 1. The smallest absolute Gasteiger partial charge is 0.186 e. The number of benzene rings is 2. The summed E-state index contributed by atoms with van der Waals surface area (Å²) >= 11 is 1.77. The number of hydrogen-bond acceptors (Lipinski definition) is 8. The maximum Gasteiger partial charge on any atom is 0.186 e. The van der Waals surface area contributed by atoms with Crippen LogP contribution in [0.5, 0.6) is 0 Å². The first kappa shape index (κ1) is 21.0. The van der Waals surface area contributed by atoms with Crippen LogP contribution < -0.4 is 4.90 Å². The monoisotopic (exact) mass is 449 g/mol. The summed E-state index contributed by atoms with van der Waals surface area (Å²) in [5.41, 5.74) is 3.52. The third-order valence-electron chi connectivity index (χ3n) is 5.94. The van der Waals surface area contributed by atoms with Gasteiger partial charge in [0.2, 0.25) is 0 Å². The molecule has 0 saturated carbocycles. The van der Waals surface area contributed by atoms with Gasteiger partial charge in [-0.1, -0.05) is 53.3 Å². The SMILES string of the molecule is COCCn1nnnc1[C@H](c1ccc(C)cc1)N1CCN(c2nc3ccccc3s2)CC1. The molecule has 4 aromatic rings. The van der Waals surface area contributed by atoms with Crippen LogP contribution in [-0.2, 0) is 11.3 Å². The summed E-state index contributed by atoms with van der Waals surface area (Å²) in [6.07, 6.45) is 0. The molecule has 1 fully saturated rings. The van der Waals surface area contributed by atoms with Crippen molar-refractivity contribution in [1.82, 2.24) is 30.1 Å². The number of anilines is 1. The van der Waals surface area contributed by atoms with E-state index in [2.05, 4.69) is 74.7 Å². The van der Waals surface area contributed by atoms with Crippen molar-refractivity contribution in [3.05, 3.63) is 65.5 Å². The summed E-state index contributed by atoms with van der Waals surface area (Å²) in [5, 5.41) is 13.7. The Balaban J connectivity index is 1.39. The highest BCUT2D eigenvalue weighted by atomic mass is 32.1. The molecule has 1 saturated heterocycles. The zero-order chi connectivity index (χ0) is 21.9. The minimum absolute atomic E-state index is 0.0000248. The molecule has 2 aromatic carbocycles. The molecule has 0 aliphatic carbocycles. The number of tetrazole rings is 1. The minimum atomic E-state index is -0.0000248. The van der Waals surface area contributed by atoms with Crippen LogP contribution in [0.2, 0.25) is 0 Å². The highest BCUT2D eigenvalue weighted by Gasteiger charge is 2.31. The number of piperazine rings is 1. The Kier molecular flexibility index (Phi) is 6.11. The van der Waals surface area contributed by atoms with Crippen molar-refractivity contribution in [1.29, 1.82) is 0 Å². The molecule has 8 nitrogen and oxygen atoms in total. The molecule has 0 bridgehead atoms. The zero-order valence-corrected chi connectivity index (χ0v) is 19.2. The molecular formula is C23H27N7OS. The second-order valence-electron chi connectivity index (χ2n) is 8.05. The van der Waals surface area contributed by atoms with Crippen molar-refractivity contribution in [3.8, 4) is 0 Å². The van der Waals surface area contributed by atoms with Gasteiger partial charge in [0.1, 0.15) is 0 Å². The highest BCUT2D eigenvalue weighted by Crippen LogP contribution is 2.32. The lowest BCUT2D eigenvalue weighted by Gasteiger charge is -2.38. The Labute approximate surface area is 191 Å². The summed E-state index contributed by atoms with van der Waals surface area (Å²) in [7, 11) is 1.70. The third-order valence-corrected chi connectivity index (χ3v) is 7.03. The predicted octanol–water partition coefficient (Wildman–Crippen LogP) is 3.15. The van der Waals surface area contributed by atoms with Crippen molar-refractivity contribution in [2.24, 2.45) is 0 Å². The first-order chi connectivity index (χ1) is 15.7. The lowest BCUT2D eigenvalue weighted by molar-refractivity contribution is 0.171. The minimum Gasteiger partial charge on any atom is -0.383 e. The summed E-state index contributed by atoms with van der Waals surface area (Å²) < 4.78 is 8.37. The van der Waals surface area contributed by atoms with Crippen molar-refractivity contribution >= 4 is 26.7 Å². The molecule has 0 N–H and O–H groups in total. The Hall–Kier alpha value is -2.88. The van der Waals surface area contributed by atoms with E-state index in [0.717, 1.165) is 42.7 Å². The van der Waals surface area contributed by atoms with Gasteiger partial charge in [0.05, 0.1) is 29.4 Å². The van der Waals surface area contributed by atoms with Gasteiger partial charge >= 0.3 is 0 Å². The molecule has 166 valence electrons. The van der Waals surface area contributed by atoms with E-state index in [-0.39, 0.29) is 6.04 Å². The van der Waals surface area contributed by atoms with E-state index < -0.39 is 0 Å². The van der Waals surface area contributed by atoms with E-state index in [1.165, 1.54) is 15.8 Å². The van der Waals surface area contributed by atoms with Gasteiger partial charge in [0.25, 0.3) is 0 Å². The second kappa shape index (κ2) is 9.32. The molecule has 0 amide bonds. The Bertz CT molecular complexity index is 1130. The Morgan fingerprint density at radius 1 is 1.03 bits per heavy atom. The van der Waals surface area contributed by atoms with Gasteiger partial charge in [-0.3, -0.25) is 4.90 Å². The van der Waals surface area contributed by atoms with Crippen LogP contribution in [0, 0.1) is 6.92 Å². The summed E-state index contributed by atoms with van der Waals surface area (Å²) in [4.78, 5) is 9.71. The largest absolute Gasteiger partial charge is 0.383 e. The molecule has 9 heteroatoms. The number of para-hydroxylation sites is 1. The number of thiazole rings is 1. The van der Waals surface area contributed by atoms with E-state index in [1.54, 1.807) is 18.4 Å². The molecule has 1 aliphatic rings. The topological polar surface area (TPSA) is 72.2 Å². The fraction of sp³-hybridized carbons (Fsp3) is 0.391. The lowest BCUT2D eigenvalue weighted by Crippen LogP contribution is -2.48. The quantitative estimate of drug-likeness (QED) is 0.429. The summed E-state index contributed by atoms with van der Waals surface area (Å²) in [5.74, 6) is 0.861.